The molecule has 1 saturated heterocycles. The number of aliphatic hydroxyl groups excluding tert-OH is 1. The van der Waals surface area contributed by atoms with Crippen LogP contribution >= 0.6 is 9.39 Å². The van der Waals surface area contributed by atoms with Gasteiger partial charge < -0.3 is 10.0 Å². The standard InChI is InChI=1S/C22H35N2O4P/c1-5-7-8-9-10-17(23-29)21(28)24-13-19(27)14(3)20(24)18(26)12-22(15(4)25)11-16(22)6-2/h5-6,14,16-17,19-20,23,27H,1-2,7-13,29H2,3-4H3/t14?,16-,17+,19+,20+,22+/m1/s1. The molecule has 0 aromatic carbocycles. The van der Waals surface area contributed by atoms with E-state index in [1.54, 1.807) is 13.0 Å². The molecule has 2 N–H and O–H groups in total. The molecule has 1 aliphatic carbocycles. The molecular weight excluding hydrogens is 387 g/mol. The number of ketones is 2. The first-order valence-corrected chi connectivity index (χ1v) is 11.0. The van der Waals surface area contributed by atoms with Gasteiger partial charge in [-0.2, -0.15) is 0 Å². The lowest BCUT2D eigenvalue weighted by molar-refractivity contribution is -0.141. The van der Waals surface area contributed by atoms with E-state index in [9.17, 15) is 19.5 Å². The first-order chi connectivity index (χ1) is 13.7. The smallest absolute Gasteiger partial charge is 0.240 e. The minimum atomic E-state index is -0.749. The van der Waals surface area contributed by atoms with Crippen molar-refractivity contribution in [2.45, 2.75) is 70.6 Å². The number of aliphatic hydroxyl groups is 1. The molecule has 1 saturated carbocycles. The summed E-state index contributed by atoms with van der Waals surface area (Å²) in [5.41, 5.74) is -0.677. The molecule has 1 heterocycles. The summed E-state index contributed by atoms with van der Waals surface area (Å²) >= 11 is 0. The highest BCUT2D eigenvalue weighted by molar-refractivity contribution is 7.13. The number of hydrogen-bond donors (Lipinski definition) is 2. The number of likely N-dealkylation sites (tertiary alicyclic amines) is 1. The van der Waals surface area contributed by atoms with Gasteiger partial charge in [0.25, 0.3) is 0 Å². The summed E-state index contributed by atoms with van der Waals surface area (Å²) in [7, 11) is 2.39. The maximum atomic E-state index is 13.2. The SMILES string of the molecule is C=CCCCC[C@H](NP)C(=O)N1C[C@H](O)C(C)[C@H]1C(=O)C[C@]1(C(C)=O)C[C@H]1C=C. The quantitative estimate of drug-likeness (QED) is 0.287. The van der Waals surface area contributed by atoms with Gasteiger partial charge in [0.05, 0.1) is 18.2 Å². The highest BCUT2D eigenvalue weighted by Gasteiger charge is 2.59. The van der Waals surface area contributed by atoms with E-state index in [0.717, 1.165) is 19.3 Å². The zero-order valence-electron chi connectivity index (χ0n) is 17.6. The van der Waals surface area contributed by atoms with Crippen molar-refractivity contribution in [1.82, 2.24) is 9.99 Å². The Morgan fingerprint density at radius 1 is 1.34 bits per heavy atom. The number of carbonyl (C=O) groups excluding carboxylic acids is 3. The summed E-state index contributed by atoms with van der Waals surface area (Å²) in [6, 6.07) is -1.13. The van der Waals surface area contributed by atoms with Crippen LogP contribution < -0.4 is 5.09 Å². The molecule has 0 aromatic rings. The van der Waals surface area contributed by atoms with Crippen LogP contribution in [0.4, 0.5) is 0 Å². The van der Waals surface area contributed by atoms with Gasteiger partial charge in [-0.1, -0.05) is 34.9 Å². The largest absolute Gasteiger partial charge is 0.391 e. The fourth-order valence-corrected chi connectivity index (χ4v) is 4.88. The number of nitrogens with one attached hydrogen (secondary N) is 1. The van der Waals surface area contributed by atoms with Gasteiger partial charge >= 0.3 is 0 Å². The van der Waals surface area contributed by atoms with Crippen LogP contribution in [-0.2, 0) is 14.4 Å². The number of nitrogens with zero attached hydrogens (tertiary/aromatic N) is 1. The number of carbonyl (C=O) groups is 3. The predicted octanol–water partition coefficient (Wildman–Crippen LogP) is 2.43. The van der Waals surface area contributed by atoms with Gasteiger partial charge in [0, 0.05) is 24.3 Å². The van der Waals surface area contributed by atoms with Crippen LogP contribution in [0, 0.1) is 17.3 Å². The van der Waals surface area contributed by atoms with Gasteiger partial charge in [0.15, 0.2) is 5.78 Å². The third kappa shape index (κ3) is 5.04. The highest BCUT2D eigenvalue weighted by Crippen LogP contribution is 2.57. The minimum absolute atomic E-state index is 0.00783. The van der Waals surface area contributed by atoms with Gasteiger partial charge in [0.2, 0.25) is 5.91 Å². The van der Waals surface area contributed by atoms with Crippen molar-refractivity contribution in [3.05, 3.63) is 25.3 Å². The Morgan fingerprint density at radius 3 is 2.55 bits per heavy atom. The molecule has 0 bridgehead atoms. The second kappa shape index (κ2) is 10.1. The van der Waals surface area contributed by atoms with Gasteiger partial charge in [-0.05, 0) is 38.5 Å². The van der Waals surface area contributed by atoms with E-state index in [1.807, 2.05) is 6.08 Å². The predicted molar refractivity (Wildman–Crippen MR) is 117 cm³/mol. The Labute approximate surface area is 176 Å². The van der Waals surface area contributed by atoms with Crippen LogP contribution in [0.15, 0.2) is 25.3 Å². The Bertz CT molecular complexity index is 667. The van der Waals surface area contributed by atoms with Crippen molar-refractivity contribution in [3.8, 4) is 0 Å². The molecule has 29 heavy (non-hydrogen) atoms. The zero-order valence-corrected chi connectivity index (χ0v) is 18.8. The second-order valence-electron chi connectivity index (χ2n) is 8.56. The van der Waals surface area contributed by atoms with Crippen LogP contribution in [-0.4, -0.2) is 52.2 Å². The van der Waals surface area contributed by atoms with E-state index in [2.05, 4.69) is 27.6 Å². The second-order valence-corrected chi connectivity index (χ2v) is 8.89. The van der Waals surface area contributed by atoms with E-state index in [1.165, 1.54) is 11.8 Å². The lowest BCUT2D eigenvalue weighted by Crippen LogP contribution is -2.50. The average Bonchev–Trinajstić information content (AvgIpc) is 3.32. The fraction of sp³-hybridized carbons (Fsp3) is 0.682. The van der Waals surface area contributed by atoms with Crippen LogP contribution in [0.1, 0.15) is 52.4 Å². The number of amides is 1. The molecule has 2 fully saturated rings. The number of allylic oxidation sites excluding steroid dienone is 2. The maximum Gasteiger partial charge on any atom is 0.240 e. The summed E-state index contributed by atoms with van der Waals surface area (Å²) in [4.78, 5) is 40.1. The molecule has 6 nitrogen and oxygen atoms in total. The Hall–Kier alpha value is -1.36. The molecule has 162 valence electrons. The van der Waals surface area contributed by atoms with Crippen LogP contribution in [0.25, 0.3) is 0 Å². The summed E-state index contributed by atoms with van der Waals surface area (Å²) in [6.07, 6.45) is 6.94. The molecule has 1 aliphatic heterocycles. The third-order valence-electron chi connectivity index (χ3n) is 6.70. The van der Waals surface area contributed by atoms with Gasteiger partial charge in [-0.15, -0.1) is 13.2 Å². The molecule has 7 atom stereocenters. The molecular formula is C22H35N2O4P. The van der Waals surface area contributed by atoms with Gasteiger partial charge in [0.1, 0.15) is 5.78 Å². The summed E-state index contributed by atoms with van der Waals surface area (Å²) < 4.78 is 0. The first kappa shape index (κ1) is 23.9. The molecule has 7 heteroatoms. The number of rotatable bonds is 12. The Kier molecular flexibility index (Phi) is 8.33. The van der Waals surface area contributed by atoms with Gasteiger partial charge in [-0.3, -0.25) is 19.5 Å². The van der Waals surface area contributed by atoms with Gasteiger partial charge in [-0.25, -0.2) is 0 Å². The van der Waals surface area contributed by atoms with E-state index in [0.29, 0.717) is 12.8 Å². The number of unbranched alkanes of at least 4 members (excludes halogenated alkanes) is 2. The topological polar surface area (TPSA) is 86.7 Å². The molecule has 0 radical (unpaired) electrons. The van der Waals surface area contributed by atoms with Crippen molar-refractivity contribution in [1.29, 1.82) is 0 Å². The molecule has 2 aliphatic rings. The monoisotopic (exact) mass is 422 g/mol. The van der Waals surface area contributed by atoms with Crippen LogP contribution in [0.5, 0.6) is 0 Å². The maximum absolute atomic E-state index is 13.2. The normalized spacial score (nSPS) is 31.9. The molecule has 2 rings (SSSR count). The molecule has 0 aromatic heterocycles. The lowest BCUT2D eigenvalue weighted by atomic mass is 9.86. The number of Topliss-reactive ketones (excluding diaryl/α,β-unsaturated/α-hetero) is 2. The lowest BCUT2D eigenvalue weighted by Gasteiger charge is -2.30. The third-order valence-corrected chi connectivity index (χ3v) is 7.10. The van der Waals surface area contributed by atoms with Crippen molar-refractivity contribution >= 4 is 26.9 Å². The van der Waals surface area contributed by atoms with Crippen LogP contribution in [0.3, 0.4) is 0 Å². The van der Waals surface area contributed by atoms with Crippen molar-refractivity contribution in [2.24, 2.45) is 17.3 Å². The molecule has 2 unspecified atom stereocenters. The minimum Gasteiger partial charge on any atom is -0.391 e. The summed E-state index contributed by atoms with van der Waals surface area (Å²) in [5, 5.41) is 13.4. The van der Waals surface area contributed by atoms with E-state index < -0.39 is 23.6 Å². The Morgan fingerprint density at radius 2 is 2.03 bits per heavy atom. The van der Waals surface area contributed by atoms with Crippen LogP contribution in [0.2, 0.25) is 0 Å². The van der Waals surface area contributed by atoms with Crippen molar-refractivity contribution in [2.75, 3.05) is 6.54 Å². The molecule has 0 spiro atoms. The van der Waals surface area contributed by atoms with E-state index >= 15 is 0 Å². The number of hydrogen-bond acceptors (Lipinski definition) is 5. The Balaban J connectivity index is 2.13. The van der Waals surface area contributed by atoms with E-state index in [-0.39, 0.29) is 42.3 Å². The first-order valence-electron chi connectivity index (χ1n) is 10.4. The average molecular weight is 423 g/mol. The summed E-state index contributed by atoms with van der Waals surface area (Å²) in [6.45, 7) is 10.9. The van der Waals surface area contributed by atoms with Crippen molar-refractivity contribution in [3.63, 3.8) is 0 Å². The van der Waals surface area contributed by atoms with Crippen molar-refractivity contribution < 1.29 is 19.5 Å². The fourth-order valence-electron chi connectivity index (χ4n) is 4.58. The number of β-amino-alcohol motifs (C(OH)–C–C–N with tert-alkyl or cyclic N) is 1. The summed E-state index contributed by atoms with van der Waals surface area (Å²) in [5.74, 6) is -0.667. The van der Waals surface area contributed by atoms with E-state index in [4.69, 9.17) is 0 Å². The highest BCUT2D eigenvalue weighted by atomic mass is 31.0. The zero-order chi connectivity index (χ0) is 21.8. The molecule has 1 amide bonds.